The summed E-state index contributed by atoms with van der Waals surface area (Å²) in [5, 5.41) is 10.5. The minimum absolute atomic E-state index is 0.261. The van der Waals surface area contributed by atoms with Crippen LogP contribution in [0.3, 0.4) is 0 Å². The van der Waals surface area contributed by atoms with Crippen molar-refractivity contribution >= 4 is 11.3 Å². The van der Waals surface area contributed by atoms with Gasteiger partial charge in [0, 0.05) is 12.0 Å². The molecule has 0 fully saturated rings. The summed E-state index contributed by atoms with van der Waals surface area (Å²) in [7, 11) is 0. The van der Waals surface area contributed by atoms with Gasteiger partial charge >= 0.3 is 0 Å². The van der Waals surface area contributed by atoms with Crippen LogP contribution in [0.4, 0.5) is 0 Å². The summed E-state index contributed by atoms with van der Waals surface area (Å²) < 4.78 is 0. The Hall–Kier alpha value is -0.410. The summed E-state index contributed by atoms with van der Waals surface area (Å²) in [6, 6.07) is 0. The zero-order valence-electron chi connectivity index (χ0n) is 5.08. The van der Waals surface area contributed by atoms with Gasteiger partial charge in [-0.15, -0.1) is 11.3 Å². The highest BCUT2D eigenvalue weighted by Gasteiger charge is 1.91. The third-order valence-corrected chi connectivity index (χ3v) is 1.71. The summed E-state index contributed by atoms with van der Waals surface area (Å²) in [4.78, 5) is 4.06. The average Bonchev–Trinajstić information content (AvgIpc) is 2.34. The van der Waals surface area contributed by atoms with Gasteiger partial charge in [0.25, 0.3) is 0 Å². The Kier molecular flexibility index (Phi) is 2.67. The van der Waals surface area contributed by atoms with E-state index in [1.165, 1.54) is 0 Å². The second-order valence-electron chi connectivity index (χ2n) is 1.81. The fourth-order valence-electron chi connectivity index (χ4n) is 0.621. The van der Waals surface area contributed by atoms with Crippen molar-refractivity contribution in [3.05, 3.63) is 16.6 Å². The molecule has 1 aromatic heterocycles. The summed E-state index contributed by atoms with van der Waals surface area (Å²) in [5.41, 5.74) is 2.90. The lowest BCUT2D eigenvalue weighted by Gasteiger charge is -1.89. The summed E-state index contributed by atoms with van der Waals surface area (Å²) in [5.74, 6) is 0. The first-order valence-electron chi connectivity index (χ1n) is 2.91. The number of rotatable bonds is 3. The maximum atomic E-state index is 8.44. The van der Waals surface area contributed by atoms with Crippen LogP contribution < -0.4 is 0 Å². The van der Waals surface area contributed by atoms with Crippen LogP contribution in [0.1, 0.15) is 12.1 Å². The van der Waals surface area contributed by atoms with Crippen LogP contribution >= 0.6 is 11.3 Å². The molecule has 0 spiro atoms. The van der Waals surface area contributed by atoms with Crippen LogP contribution in [0.15, 0.2) is 10.9 Å². The first kappa shape index (κ1) is 6.71. The molecular weight excluding hydrogens is 134 g/mol. The third kappa shape index (κ3) is 2.11. The maximum Gasteiger partial charge on any atom is 0.0794 e. The van der Waals surface area contributed by atoms with Gasteiger partial charge in [0.1, 0.15) is 0 Å². The average molecular weight is 143 g/mol. The minimum Gasteiger partial charge on any atom is -0.396 e. The first-order valence-corrected chi connectivity index (χ1v) is 3.85. The fourth-order valence-corrected chi connectivity index (χ4v) is 1.21. The van der Waals surface area contributed by atoms with Crippen molar-refractivity contribution in [1.29, 1.82) is 0 Å². The molecule has 0 atom stereocenters. The standard InChI is InChI=1S/C6H9NOS/c8-3-1-2-6-4-9-5-7-6/h4-5,8H,1-3H2. The van der Waals surface area contributed by atoms with Crippen molar-refractivity contribution < 1.29 is 5.11 Å². The van der Waals surface area contributed by atoms with E-state index >= 15 is 0 Å². The molecule has 50 valence electrons. The molecular formula is C6H9NOS. The smallest absolute Gasteiger partial charge is 0.0794 e. The molecule has 3 heteroatoms. The van der Waals surface area contributed by atoms with Gasteiger partial charge < -0.3 is 5.11 Å². The van der Waals surface area contributed by atoms with E-state index in [2.05, 4.69) is 4.98 Å². The molecule has 1 aromatic rings. The van der Waals surface area contributed by atoms with Gasteiger partial charge in [-0.1, -0.05) is 0 Å². The fraction of sp³-hybridized carbons (Fsp3) is 0.500. The predicted molar refractivity (Wildman–Crippen MR) is 37.5 cm³/mol. The SMILES string of the molecule is OCCCc1cscn1. The van der Waals surface area contributed by atoms with Crippen LogP contribution in [-0.2, 0) is 6.42 Å². The molecule has 0 aromatic carbocycles. The first-order chi connectivity index (χ1) is 4.43. The molecule has 0 aliphatic heterocycles. The molecule has 0 amide bonds. The Morgan fingerprint density at radius 2 is 2.56 bits per heavy atom. The second-order valence-corrected chi connectivity index (χ2v) is 2.53. The number of thiazole rings is 1. The second kappa shape index (κ2) is 3.58. The van der Waals surface area contributed by atoms with Crippen LogP contribution in [0.2, 0.25) is 0 Å². The van der Waals surface area contributed by atoms with Gasteiger partial charge in [-0.3, -0.25) is 0 Å². The summed E-state index contributed by atoms with van der Waals surface area (Å²) >= 11 is 1.60. The van der Waals surface area contributed by atoms with Gasteiger partial charge in [0.15, 0.2) is 0 Å². The van der Waals surface area contributed by atoms with E-state index in [1.807, 2.05) is 10.9 Å². The molecule has 0 bridgehead atoms. The largest absolute Gasteiger partial charge is 0.396 e. The van der Waals surface area contributed by atoms with Crippen molar-refractivity contribution in [1.82, 2.24) is 4.98 Å². The Balaban J connectivity index is 2.30. The normalized spacial score (nSPS) is 9.89. The van der Waals surface area contributed by atoms with Gasteiger partial charge in [0.2, 0.25) is 0 Å². The van der Waals surface area contributed by atoms with E-state index in [0.717, 1.165) is 18.5 Å². The van der Waals surface area contributed by atoms with Crippen LogP contribution in [0, 0.1) is 0 Å². The molecule has 0 saturated carbocycles. The lowest BCUT2D eigenvalue weighted by molar-refractivity contribution is 0.288. The van der Waals surface area contributed by atoms with E-state index in [9.17, 15) is 0 Å². The van der Waals surface area contributed by atoms with Gasteiger partial charge in [-0.25, -0.2) is 4.98 Å². The number of aliphatic hydroxyl groups excluding tert-OH is 1. The molecule has 1 N–H and O–H groups in total. The highest BCUT2D eigenvalue weighted by Crippen LogP contribution is 2.02. The zero-order chi connectivity index (χ0) is 6.53. The third-order valence-electron chi connectivity index (χ3n) is 1.07. The molecule has 2 nitrogen and oxygen atoms in total. The number of aryl methyl sites for hydroxylation is 1. The number of hydrogen-bond acceptors (Lipinski definition) is 3. The van der Waals surface area contributed by atoms with Crippen LogP contribution in [0.25, 0.3) is 0 Å². The summed E-state index contributed by atoms with van der Waals surface area (Å²) in [6.07, 6.45) is 1.73. The van der Waals surface area contributed by atoms with Crippen LogP contribution in [0.5, 0.6) is 0 Å². The highest BCUT2D eigenvalue weighted by molar-refractivity contribution is 7.07. The van der Waals surface area contributed by atoms with Crippen molar-refractivity contribution in [2.75, 3.05) is 6.61 Å². The van der Waals surface area contributed by atoms with Crippen molar-refractivity contribution in [2.24, 2.45) is 0 Å². The monoisotopic (exact) mass is 143 g/mol. The molecule has 0 saturated heterocycles. The lowest BCUT2D eigenvalue weighted by atomic mass is 10.3. The van der Waals surface area contributed by atoms with E-state index in [0.29, 0.717) is 0 Å². The topological polar surface area (TPSA) is 33.1 Å². The van der Waals surface area contributed by atoms with E-state index in [4.69, 9.17) is 5.11 Å². The quantitative estimate of drug-likeness (QED) is 0.686. The van der Waals surface area contributed by atoms with Gasteiger partial charge in [-0.2, -0.15) is 0 Å². The predicted octanol–water partition coefficient (Wildman–Crippen LogP) is 1.07. The molecule has 0 aliphatic carbocycles. The van der Waals surface area contributed by atoms with E-state index in [1.54, 1.807) is 11.3 Å². The Morgan fingerprint density at radius 3 is 3.11 bits per heavy atom. The van der Waals surface area contributed by atoms with Gasteiger partial charge in [-0.05, 0) is 12.8 Å². The van der Waals surface area contributed by atoms with Crippen molar-refractivity contribution in [3.8, 4) is 0 Å². The van der Waals surface area contributed by atoms with Crippen molar-refractivity contribution in [3.63, 3.8) is 0 Å². The molecule has 0 aliphatic rings. The maximum absolute atomic E-state index is 8.44. The molecule has 0 radical (unpaired) electrons. The molecule has 9 heavy (non-hydrogen) atoms. The van der Waals surface area contributed by atoms with E-state index < -0.39 is 0 Å². The lowest BCUT2D eigenvalue weighted by Crippen LogP contribution is -1.88. The molecule has 0 unspecified atom stereocenters. The number of hydrogen-bond donors (Lipinski definition) is 1. The number of aliphatic hydroxyl groups is 1. The van der Waals surface area contributed by atoms with Gasteiger partial charge in [0.05, 0.1) is 11.2 Å². The summed E-state index contributed by atoms with van der Waals surface area (Å²) in [6.45, 7) is 0.261. The minimum atomic E-state index is 0.261. The van der Waals surface area contributed by atoms with Crippen LogP contribution in [-0.4, -0.2) is 16.7 Å². The van der Waals surface area contributed by atoms with Crippen molar-refractivity contribution in [2.45, 2.75) is 12.8 Å². The number of nitrogens with zero attached hydrogens (tertiary/aromatic N) is 1. The number of aromatic nitrogens is 1. The van der Waals surface area contributed by atoms with E-state index in [-0.39, 0.29) is 6.61 Å². The Labute approximate surface area is 58.2 Å². The Bertz CT molecular complexity index is 150. The zero-order valence-corrected chi connectivity index (χ0v) is 5.90. The molecule has 1 rings (SSSR count). The Morgan fingerprint density at radius 1 is 1.67 bits per heavy atom. The highest BCUT2D eigenvalue weighted by atomic mass is 32.1. The molecule has 1 heterocycles.